The molecule has 4 rings (SSSR count). The quantitative estimate of drug-likeness (QED) is 0.595. The summed E-state index contributed by atoms with van der Waals surface area (Å²) in [6.07, 6.45) is -3.16. The van der Waals surface area contributed by atoms with E-state index < -0.39 is 29.8 Å². The van der Waals surface area contributed by atoms with Crippen molar-refractivity contribution >= 4 is 16.9 Å². The molecule has 1 aliphatic rings. The molecule has 0 radical (unpaired) electrons. The molecule has 7 nitrogen and oxygen atoms in total. The van der Waals surface area contributed by atoms with Gasteiger partial charge >= 0.3 is 6.18 Å². The minimum Gasteiger partial charge on any atom is -0.488 e. The summed E-state index contributed by atoms with van der Waals surface area (Å²) >= 11 is 0. The van der Waals surface area contributed by atoms with Gasteiger partial charge in [0, 0.05) is 34.7 Å². The number of benzene rings is 1. The number of carbonyl (C=O) groups is 1. The highest BCUT2D eigenvalue weighted by atomic mass is 19.4. The van der Waals surface area contributed by atoms with E-state index in [0.29, 0.717) is 35.3 Å². The van der Waals surface area contributed by atoms with Crippen LogP contribution in [0.2, 0.25) is 0 Å². The lowest BCUT2D eigenvalue weighted by Crippen LogP contribution is -2.32. The zero-order valence-electron chi connectivity index (χ0n) is 17.2. The maximum Gasteiger partial charge on any atom is 0.433 e. The molecule has 1 saturated heterocycles. The topological polar surface area (TPSA) is 108 Å². The Balaban J connectivity index is 1.87. The average molecular weight is 450 g/mol. The molecule has 1 unspecified atom stereocenters. The van der Waals surface area contributed by atoms with E-state index in [1.807, 2.05) is 0 Å². The molecule has 3 heterocycles. The zero-order valence-corrected chi connectivity index (χ0v) is 17.2. The highest BCUT2D eigenvalue weighted by molar-refractivity contribution is 6.08. The molecule has 3 aromatic rings. The van der Waals surface area contributed by atoms with Crippen molar-refractivity contribution in [3.63, 3.8) is 0 Å². The zero-order chi connectivity index (χ0) is 23.1. The van der Waals surface area contributed by atoms with E-state index in [-0.39, 0.29) is 30.1 Å². The molecule has 0 spiro atoms. The highest BCUT2D eigenvalue weighted by Gasteiger charge is 2.42. The first-order chi connectivity index (χ1) is 15.2. The van der Waals surface area contributed by atoms with E-state index in [4.69, 9.17) is 19.6 Å². The molecule has 3 N–H and O–H groups in total. The van der Waals surface area contributed by atoms with Gasteiger partial charge in [0.25, 0.3) is 5.91 Å². The number of ether oxygens (including phenoxy) is 2. The Morgan fingerprint density at radius 2 is 2.12 bits per heavy atom. The molecule has 1 aliphatic heterocycles. The van der Waals surface area contributed by atoms with E-state index in [1.54, 1.807) is 19.1 Å². The van der Waals surface area contributed by atoms with Crippen molar-refractivity contribution in [3.05, 3.63) is 58.6 Å². The van der Waals surface area contributed by atoms with Crippen LogP contribution in [0.1, 0.15) is 39.4 Å². The molecule has 0 bridgehead atoms. The smallest absolute Gasteiger partial charge is 0.433 e. The average Bonchev–Trinajstić information content (AvgIpc) is 3.35. The van der Waals surface area contributed by atoms with Crippen LogP contribution in [0.5, 0.6) is 5.75 Å². The minimum absolute atomic E-state index is 0.137. The third kappa shape index (κ3) is 3.69. The third-order valence-corrected chi connectivity index (χ3v) is 5.72. The number of pyridine rings is 1. The molecule has 170 valence electrons. The Kier molecular flexibility index (Phi) is 5.59. The Morgan fingerprint density at radius 3 is 2.75 bits per heavy atom. The predicted molar refractivity (Wildman–Crippen MR) is 107 cm³/mol. The van der Waals surface area contributed by atoms with Crippen molar-refractivity contribution in [2.24, 2.45) is 5.73 Å². The monoisotopic (exact) mass is 450 g/mol. The summed E-state index contributed by atoms with van der Waals surface area (Å²) in [4.78, 5) is 15.6. The van der Waals surface area contributed by atoms with Crippen LogP contribution in [-0.4, -0.2) is 35.8 Å². The number of hydrogen-bond donors (Lipinski definition) is 2. The number of aryl methyl sites for hydroxylation is 1. The van der Waals surface area contributed by atoms with Gasteiger partial charge in [-0.2, -0.15) is 13.2 Å². The lowest BCUT2D eigenvalue weighted by atomic mass is 9.77. The maximum absolute atomic E-state index is 13.3. The lowest BCUT2D eigenvalue weighted by Gasteiger charge is -2.28. The van der Waals surface area contributed by atoms with Gasteiger partial charge < -0.3 is 24.7 Å². The molecule has 1 aromatic carbocycles. The van der Waals surface area contributed by atoms with Gasteiger partial charge in [-0.1, -0.05) is 6.07 Å². The first-order valence-electron chi connectivity index (χ1n) is 9.87. The summed E-state index contributed by atoms with van der Waals surface area (Å²) in [5.41, 5.74) is 4.39. The van der Waals surface area contributed by atoms with Crippen molar-refractivity contribution in [1.29, 1.82) is 0 Å². The van der Waals surface area contributed by atoms with Gasteiger partial charge in [-0.3, -0.25) is 9.78 Å². The van der Waals surface area contributed by atoms with Crippen molar-refractivity contribution in [1.82, 2.24) is 4.98 Å². The number of carbonyl (C=O) groups excluding carboxylic acids is 1. The number of nitrogens with zero attached hydrogens (tertiary/aromatic N) is 1. The first-order valence-corrected chi connectivity index (χ1v) is 9.87. The molecule has 0 saturated carbocycles. The number of aliphatic hydroxyl groups excluding tert-OH is 1. The molecular formula is C22H21F3N2O5. The van der Waals surface area contributed by atoms with Crippen LogP contribution < -0.4 is 10.5 Å². The first kappa shape index (κ1) is 22.1. The number of halogens is 3. The number of aliphatic hydroxyl groups is 1. The number of rotatable bonds is 6. The number of aromatic nitrogens is 1. The Morgan fingerprint density at radius 1 is 1.34 bits per heavy atom. The third-order valence-electron chi connectivity index (χ3n) is 5.72. The molecule has 10 heteroatoms. The molecule has 1 amide bonds. The largest absolute Gasteiger partial charge is 0.488 e. The van der Waals surface area contributed by atoms with E-state index in [9.17, 15) is 23.1 Å². The van der Waals surface area contributed by atoms with E-state index in [1.165, 1.54) is 12.1 Å². The molecule has 0 aliphatic carbocycles. The number of fused-ring (bicyclic) bond motifs is 1. The summed E-state index contributed by atoms with van der Waals surface area (Å²) < 4.78 is 57.1. The van der Waals surface area contributed by atoms with Gasteiger partial charge in [0.1, 0.15) is 23.7 Å². The van der Waals surface area contributed by atoms with Crippen LogP contribution in [-0.2, 0) is 22.9 Å². The van der Waals surface area contributed by atoms with Gasteiger partial charge in [0.15, 0.2) is 5.69 Å². The molecule has 1 fully saturated rings. The fourth-order valence-corrected chi connectivity index (χ4v) is 4.21. The fraction of sp³-hybridized carbons (Fsp3) is 0.364. The number of amides is 1. The number of alkyl halides is 3. The van der Waals surface area contributed by atoms with Crippen LogP contribution in [0.4, 0.5) is 13.2 Å². The molecule has 1 atom stereocenters. The summed E-state index contributed by atoms with van der Waals surface area (Å²) in [6, 6.07) is 5.78. The Labute approximate surface area is 180 Å². The standard InChI is InChI=1S/C22H21F3N2O5/c1-12-16(20(26)29)17-14(32-12)4-5-15(18(17)21(10-28)6-8-30-11-21)31-9-13-3-2-7-27-19(13)22(23,24)25/h2-5,7,28H,6,8-11H2,1H3,(H2,26,29). The fourth-order valence-electron chi connectivity index (χ4n) is 4.21. The van der Waals surface area contributed by atoms with E-state index in [0.717, 1.165) is 6.20 Å². The second kappa shape index (κ2) is 8.10. The summed E-state index contributed by atoms with van der Waals surface area (Å²) in [6.45, 7) is 1.34. The summed E-state index contributed by atoms with van der Waals surface area (Å²) in [5, 5.41) is 10.7. The van der Waals surface area contributed by atoms with Crippen LogP contribution in [0.3, 0.4) is 0 Å². The van der Waals surface area contributed by atoms with Crippen molar-refractivity contribution in [3.8, 4) is 5.75 Å². The van der Waals surface area contributed by atoms with Gasteiger partial charge in [0.2, 0.25) is 0 Å². The van der Waals surface area contributed by atoms with Crippen LogP contribution in [0, 0.1) is 6.92 Å². The molecule has 32 heavy (non-hydrogen) atoms. The van der Waals surface area contributed by atoms with Crippen molar-refractivity contribution < 1.29 is 37.0 Å². The van der Waals surface area contributed by atoms with Crippen molar-refractivity contribution in [2.75, 3.05) is 19.8 Å². The SMILES string of the molecule is Cc1oc2ccc(OCc3cccnc3C(F)(F)F)c(C3(CO)CCOC3)c2c1C(N)=O. The van der Waals surface area contributed by atoms with Gasteiger partial charge in [-0.15, -0.1) is 0 Å². The predicted octanol–water partition coefficient (Wildman–Crippen LogP) is 3.48. The van der Waals surface area contributed by atoms with Gasteiger partial charge in [0.05, 0.1) is 18.8 Å². The number of primary amides is 1. The minimum atomic E-state index is -4.64. The second-order valence-electron chi connectivity index (χ2n) is 7.75. The molecular weight excluding hydrogens is 429 g/mol. The van der Waals surface area contributed by atoms with Crippen LogP contribution in [0.25, 0.3) is 11.0 Å². The second-order valence-corrected chi connectivity index (χ2v) is 7.75. The molecule has 2 aromatic heterocycles. The number of hydrogen-bond acceptors (Lipinski definition) is 6. The highest BCUT2D eigenvalue weighted by Crippen LogP contribution is 2.45. The summed E-state index contributed by atoms with van der Waals surface area (Å²) in [5.74, 6) is -0.222. The van der Waals surface area contributed by atoms with Crippen LogP contribution in [0.15, 0.2) is 34.9 Å². The summed E-state index contributed by atoms with van der Waals surface area (Å²) in [7, 11) is 0. The Hall–Kier alpha value is -3.11. The van der Waals surface area contributed by atoms with Gasteiger partial charge in [-0.05, 0) is 31.5 Å². The van der Waals surface area contributed by atoms with E-state index in [2.05, 4.69) is 4.98 Å². The van der Waals surface area contributed by atoms with E-state index >= 15 is 0 Å². The Bertz CT molecular complexity index is 1170. The van der Waals surface area contributed by atoms with Gasteiger partial charge in [-0.25, -0.2) is 0 Å². The maximum atomic E-state index is 13.3. The van der Waals surface area contributed by atoms with Crippen LogP contribution >= 0.6 is 0 Å². The lowest BCUT2D eigenvalue weighted by molar-refractivity contribution is -0.142. The number of nitrogens with two attached hydrogens (primary N) is 1. The van der Waals surface area contributed by atoms with Crippen molar-refractivity contribution in [2.45, 2.75) is 31.5 Å². The normalized spacial score (nSPS) is 18.9. The number of furan rings is 1.